The van der Waals surface area contributed by atoms with Gasteiger partial charge in [-0.05, 0) is 42.7 Å². The van der Waals surface area contributed by atoms with E-state index in [-0.39, 0.29) is 5.91 Å². The largest absolute Gasteiger partial charge is 0.321 e. The van der Waals surface area contributed by atoms with Gasteiger partial charge in [0.25, 0.3) is 5.91 Å². The first kappa shape index (κ1) is 18.7. The number of hydrogen-bond acceptors (Lipinski definition) is 7. The zero-order valence-corrected chi connectivity index (χ0v) is 17.2. The van der Waals surface area contributed by atoms with E-state index in [0.29, 0.717) is 5.69 Å². The minimum absolute atomic E-state index is 0.207. The van der Waals surface area contributed by atoms with Crippen LogP contribution in [0.2, 0.25) is 0 Å². The highest BCUT2D eigenvalue weighted by atomic mass is 32.2. The van der Waals surface area contributed by atoms with Crippen LogP contribution in [-0.2, 0) is 0 Å². The van der Waals surface area contributed by atoms with E-state index < -0.39 is 0 Å². The van der Waals surface area contributed by atoms with Gasteiger partial charge in [0.15, 0.2) is 9.50 Å². The van der Waals surface area contributed by atoms with E-state index >= 15 is 0 Å². The predicted molar refractivity (Wildman–Crippen MR) is 114 cm³/mol. The summed E-state index contributed by atoms with van der Waals surface area (Å²) in [5.41, 5.74) is 3.81. The first-order chi connectivity index (χ1) is 13.7. The van der Waals surface area contributed by atoms with Crippen molar-refractivity contribution in [2.45, 2.75) is 14.4 Å². The quantitative estimate of drug-likeness (QED) is 0.445. The average molecular weight is 426 g/mol. The molecule has 0 saturated heterocycles. The van der Waals surface area contributed by atoms with Crippen LogP contribution in [0.5, 0.6) is 0 Å². The molecule has 0 spiro atoms. The highest BCUT2D eigenvalue weighted by Gasteiger charge is 2.17. The molecule has 1 N–H and O–H groups in total. The Morgan fingerprint density at radius 2 is 1.89 bits per heavy atom. The van der Waals surface area contributed by atoms with Crippen LogP contribution < -0.4 is 5.32 Å². The third-order valence-corrected chi connectivity index (χ3v) is 6.26. The molecule has 0 aliphatic carbocycles. The van der Waals surface area contributed by atoms with E-state index in [2.05, 4.69) is 20.5 Å². The average Bonchev–Trinajstić information content (AvgIpc) is 3.39. The summed E-state index contributed by atoms with van der Waals surface area (Å²) in [6.07, 6.45) is 3.55. The number of benzene rings is 2. The molecule has 9 heteroatoms. The van der Waals surface area contributed by atoms with Crippen molar-refractivity contribution in [1.29, 1.82) is 0 Å². The molecular weight excluding hydrogens is 410 g/mol. The van der Waals surface area contributed by atoms with Crippen LogP contribution in [-0.4, -0.2) is 31.9 Å². The Bertz CT molecular complexity index is 1060. The van der Waals surface area contributed by atoms with E-state index in [1.807, 2.05) is 65.4 Å². The Morgan fingerprint density at radius 3 is 2.57 bits per heavy atom. The van der Waals surface area contributed by atoms with Crippen LogP contribution in [0.1, 0.15) is 10.5 Å². The molecule has 0 aliphatic rings. The molecule has 1 amide bonds. The van der Waals surface area contributed by atoms with Crippen LogP contribution >= 0.6 is 34.9 Å². The van der Waals surface area contributed by atoms with Crippen molar-refractivity contribution in [2.75, 3.05) is 11.6 Å². The fourth-order valence-electron chi connectivity index (χ4n) is 2.58. The number of hydrogen-bond donors (Lipinski definition) is 1. The van der Waals surface area contributed by atoms with E-state index in [9.17, 15) is 4.79 Å². The van der Waals surface area contributed by atoms with Crippen molar-refractivity contribution in [3.05, 3.63) is 72.0 Å². The van der Waals surface area contributed by atoms with Crippen molar-refractivity contribution in [2.24, 2.45) is 0 Å². The molecular formula is C19H15N5OS3. The third-order valence-electron chi connectivity index (χ3n) is 3.82. The number of thioether (sulfide) groups is 1. The number of anilines is 1. The molecule has 6 nitrogen and oxygen atoms in total. The summed E-state index contributed by atoms with van der Waals surface area (Å²) in [4.78, 5) is 18.3. The Balaban J connectivity index is 1.53. The van der Waals surface area contributed by atoms with Gasteiger partial charge in [0.2, 0.25) is 0 Å². The van der Waals surface area contributed by atoms with Gasteiger partial charge in [0, 0.05) is 16.3 Å². The molecule has 0 atom stereocenters. The van der Waals surface area contributed by atoms with Crippen LogP contribution in [0.25, 0.3) is 5.69 Å². The lowest BCUT2D eigenvalue weighted by atomic mass is 10.3. The molecule has 2 aromatic heterocycles. The highest BCUT2D eigenvalue weighted by molar-refractivity contribution is 8.01. The van der Waals surface area contributed by atoms with Gasteiger partial charge < -0.3 is 5.32 Å². The second kappa shape index (κ2) is 8.59. The van der Waals surface area contributed by atoms with Crippen LogP contribution in [0.4, 0.5) is 5.69 Å². The number of carbonyl (C=O) groups excluding carboxylic acids is 1. The minimum atomic E-state index is -0.207. The lowest BCUT2D eigenvalue weighted by Crippen LogP contribution is -2.16. The van der Waals surface area contributed by atoms with E-state index in [1.165, 1.54) is 34.9 Å². The number of amides is 1. The minimum Gasteiger partial charge on any atom is -0.321 e. The highest BCUT2D eigenvalue weighted by Crippen LogP contribution is 2.29. The molecule has 2 heterocycles. The molecule has 0 unspecified atom stereocenters. The molecule has 0 radical (unpaired) electrons. The number of rotatable bonds is 6. The predicted octanol–water partition coefficient (Wildman–Crippen LogP) is 4.85. The van der Waals surface area contributed by atoms with Crippen molar-refractivity contribution in [1.82, 2.24) is 19.7 Å². The third kappa shape index (κ3) is 4.11. The van der Waals surface area contributed by atoms with Gasteiger partial charge in [-0.2, -0.15) is 0 Å². The van der Waals surface area contributed by atoms with Crippen molar-refractivity contribution >= 4 is 46.5 Å². The van der Waals surface area contributed by atoms with E-state index in [4.69, 9.17) is 0 Å². The maximum atomic E-state index is 12.9. The first-order valence-corrected chi connectivity index (χ1v) is 11.2. The van der Waals surface area contributed by atoms with Gasteiger partial charge in [-0.1, -0.05) is 53.1 Å². The zero-order chi connectivity index (χ0) is 19.3. The molecule has 4 aromatic rings. The summed E-state index contributed by atoms with van der Waals surface area (Å²) in [5, 5.41) is 11.6. The van der Waals surface area contributed by atoms with E-state index in [1.54, 1.807) is 11.7 Å². The zero-order valence-electron chi connectivity index (χ0n) is 14.8. The second-order valence-electron chi connectivity index (χ2n) is 5.59. The maximum absolute atomic E-state index is 12.9. The summed E-state index contributed by atoms with van der Waals surface area (Å²) >= 11 is 4.53. The molecule has 140 valence electrons. The monoisotopic (exact) mass is 425 g/mol. The van der Waals surface area contributed by atoms with Gasteiger partial charge in [0.1, 0.15) is 11.2 Å². The molecule has 0 bridgehead atoms. The SMILES string of the molecule is CSc1ncc(C(=O)Nc2ccc(Sc3nncs3)cc2)n1-c1ccccc1. The Hall–Kier alpha value is -2.62. The standard InChI is InChI=1S/C19H15N5OS3/c1-26-18-20-11-16(24(18)14-5-3-2-4-6-14)17(25)22-13-7-9-15(10-8-13)28-19-23-21-12-27-19/h2-12H,1H3,(H,22,25). The van der Waals surface area contributed by atoms with Gasteiger partial charge in [0.05, 0.1) is 6.20 Å². The van der Waals surface area contributed by atoms with Gasteiger partial charge in [-0.3, -0.25) is 9.36 Å². The number of para-hydroxylation sites is 1. The maximum Gasteiger partial charge on any atom is 0.274 e. The van der Waals surface area contributed by atoms with Gasteiger partial charge >= 0.3 is 0 Å². The number of carbonyl (C=O) groups is 1. The molecule has 28 heavy (non-hydrogen) atoms. The molecule has 0 saturated carbocycles. The lowest BCUT2D eigenvalue weighted by molar-refractivity contribution is 0.102. The van der Waals surface area contributed by atoms with E-state index in [0.717, 1.165) is 25.8 Å². The number of nitrogens with zero attached hydrogens (tertiary/aromatic N) is 4. The summed E-state index contributed by atoms with van der Waals surface area (Å²) in [6, 6.07) is 17.4. The summed E-state index contributed by atoms with van der Waals surface area (Å²) in [6.45, 7) is 0. The Labute approximate surface area is 174 Å². The van der Waals surface area contributed by atoms with Crippen molar-refractivity contribution < 1.29 is 4.79 Å². The Morgan fingerprint density at radius 1 is 1.11 bits per heavy atom. The first-order valence-electron chi connectivity index (χ1n) is 8.27. The number of imidazole rings is 1. The molecule has 4 rings (SSSR count). The molecule has 0 fully saturated rings. The summed E-state index contributed by atoms with van der Waals surface area (Å²) in [5.74, 6) is -0.207. The van der Waals surface area contributed by atoms with Crippen LogP contribution in [0, 0.1) is 0 Å². The van der Waals surface area contributed by atoms with Crippen LogP contribution in [0.15, 0.2) is 80.7 Å². The van der Waals surface area contributed by atoms with Gasteiger partial charge in [-0.15, -0.1) is 10.2 Å². The molecule has 2 aromatic carbocycles. The number of aromatic nitrogens is 4. The fourth-order valence-corrected chi connectivity index (χ4v) is 4.57. The fraction of sp³-hybridized carbons (Fsp3) is 0.0526. The smallest absolute Gasteiger partial charge is 0.274 e. The van der Waals surface area contributed by atoms with Gasteiger partial charge in [-0.25, -0.2) is 4.98 Å². The van der Waals surface area contributed by atoms with Crippen molar-refractivity contribution in [3.63, 3.8) is 0 Å². The number of nitrogens with one attached hydrogen (secondary N) is 1. The summed E-state index contributed by atoms with van der Waals surface area (Å²) < 4.78 is 2.74. The Kier molecular flexibility index (Phi) is 5.75. The lowest BCUT2D eigenvalue weighted by Gasteiger charge is -2.11. The van der Waals surface area contributed by atoms with Crippen molar-refractivity contribution in [3.8, 4) is 5.69 Å². The topological polar surface area (TPSA) is 72.7 Å². The molecule has 0 aliphatic heterocycles. The summed E-state index contributed by atoms with van der Waals surface area (Å²) in [7, 11) is 0. The van der Waals surface area contributed by atoms with Crippen LogP contribution in [0.3, 0.4) is 0 Å². The second-order valence-corrected chi connectivity index (χ2v) is 8.51. The normalized spacial score (nSPS) is 10.8.